The van der Waals surface area contributed by atoms with Crippen LogP contribution in [0, 0.1) is 0 Å². The molecule has 12 heterocycles. The van der Waals surface area contributed by atoms with Gasteiger partial charge in [0.2, 0.25) is 6.29 Å². The summed E-state index contributed by atoms with van der Waals surface area (Å²) < 4.78 is 66.3. The van der Waals surface area contributed by atoms with Crippen LogP contribution in [0.5, 0.6) is 34.5 Å². The summed E-state index contributed by atoms with van der Waals surface area (Å²) >= 11 is 18.7. The van der Waals surface area contributed by atoms with Crippen molar-refractivity contribution in [2.75, 3.05) is 82.1 Å². The molecule has 0 radical (unpaired) electrons. The van der Waals surface area contributed by atoms with Crippen molar-refractivity contribution in [1.29, 1.82) is 0 Å². The van der Waals surface area contributed by atoms with Crippen LogP contribution < -0.4 is 14.2 Å². The molecular formula is C113H100Br3I3N8O18S. The largest absolute Gasteiger partial charge is 0.511 e. The maximum atomic E-state index is 11.6. The Morgan fingerprint density at radius 1 is 0.349 bits per heavy atom. The number of thiol groups is 1. The standard InChI is InChI=1S/C56H51Br3N4O6.C44H30N4O3.C13H18O9S.I2.HI/c57-26-29-64-32-35-67-42-12-6-39(7-13-42)54-47-20-18-45(60-47)53(38-4-2-1-3-5-38)46-19-21-48(61-46)55(40-8-14-43(15-9-40)68-36-33-65-30-27-58)50-23-25-52(63-50)56(51-24-22-49(54)62-51)41-10-16-44(17-11-41)69-37-34-66-31-28-59;49-30-12-6-27(7-13-30)42-35-20-18-33(45-35)41(26-4-2-1-3-5-26)34-19-21-36(46-34)43(28-8-14-31(50)15-9-28)38-23-25-40(48-38)44(39-24-22-37(42)47-39)29-10-16-32(51)17-11-29;1-5(14)17-4-8-9-10(22-13(16)20-7(3)19-9)11(12(23)21-8)18-6(2)15;1-2;/h1-25,60,63H,26-37H2;1-25,45,48-51H;7-12,23H,4H2,1-3H3;;1H. The topological polar surface area (TPSA) is 337 Å². The minimum absolute atomic E-state index is 0. The normalized spacial score (nSPS) is 15.6. The molecule has 6 atom stereocenters. The van der Waals surface area contributed by atoms with Crippen LogP contribution in [0.25, 0.3) is 182 Å². The molecule has 16 bridgehead atoms. The Morgan fingerprint density at radius 3 is 0.863 bits per heavy atom. The number of aromatic nitrogens is 8. The van der Waals surface area contributed by atoms with E-state index in [2.05, 4.69) is 251 Å². The van der Waals surface area contributed by atoms with Crippen molar-refractivity contribution in [3.05, 3.63) is 300 Å². The number of fused-ring (bicyclic) bond motifs is 17. The van der Waals surface area contributed by atoms with Gasteiger partial charge in [0.25, 0.3) is 0 Å². The molecule has 6 aliphatic heterocycles. The van der Waals surface area contributed by atoms with Crippen molar-refractivity contribution in [3.63, 3.8) is 0 Å². The van der Waals surface area contributed by atoms with Crippen molar-refractivity contribution < 1.29 is 86.5 Å². The molecule has 0 aliphatic carbocycles. The zero-order chi connectivity index (χ0) is 101. The zero-order valence-electron chi connectivity index (χ0n) is 79.0. The smallest absolute Gasteiger partial charge is 0.508 e. The van der Waals surface area contributed by atoms with Crippen LogP contribution in [0.3, 0.4) is 0 Å². The van der Waals surface area contributed by atoms with E-state index >= 15 is 0 Å². The lowest BCUT2D eigenvalue weighted by atomic mass is 9.99. The van der Waals surface area contributed by atoms with E-state index in [9.17, 15) is 29.7 Å². The lowest BCUT2D eigenvalue weighted by Crippen LogP contribution is -2.60. The number of rotatable bonds is 29. The number of aromatic amines is 4. The Labute approximate surface area is 913 Å². The summed E-state index contributed by atoms with van der Waals surface area (Å²) in [5.41, 5.74) is 27.5. The molecular weight excluding hydrogens is 2410 g/mol. The number of hydrogen-bond acceptors (Lipinski definition) is 23. The molecule has 8 aromatic carbocycles. The summed E-state index contributed by atoms with van der Waals surface area (Å²) in [4.78, 5) is 70.4. The summed E-state index contributed by atoms with van der Waals surface area (Å²) in [6, 6.07) is 83.4. The molecule has 0 amide bonds. The average molecular weight is 2510 g/mol. The number of hydrogen-bond donors (Lipinski definition) is 8. The first-order chi connectivity index (χ1) is 70.8. The number of ether oxygens (including phenoxy) is 12. The molecule has 33 heteroatoms. The molecule has 146 heavy (non-hydrogen) atoms. The minimum Gasteiger partial charge on any atom is -0.508 e. The molecule has 748 valence electrons. The predicted octanol–water partition coefficient (Wildman–Crippen LogP) is 26.9. The fourth-order valence-electron chi connectivity index (χ4n) is 17.6. The van der Waals surface area contributed by atoms with E-state index in [-0.39, 0.29) is 47.8 Å². The number of halogens is 6. The summed E-state index contributed by atoms with van der Waals surface area (Å²) in [5, 5.41) is 32.9. The summed E-state index contributed by atoms with van der Waals surface area (Å²) in [6.07, 6.45) is 11.0. The second kappa shape index (κ2) is 51.4. The second-order valence-electron chi connectivity index (χ2n) is 33.5. The number of nitrogens with one attached hydrogen (secondary N) is 4. The van der Waals surface area contributed by atoms with Gasteiger partial charge in [-0.25, -0.2) is 24.7 Å². The van der Waals surface area contributed by atoms with E-state index in [1.54, 1.807) is 36.4 Å². The number of alkyl halides is 3. The van der Waals surface area contributed by atoms with Gasteiger partial charge in [0, 0.05) is 156 Å². The molecule has 14 aromatic rings. The van der Waals surface area contributed by atoms with E-state index < -0.39 is 54.2 Å². The number of esters is 2. The van der Waals surface area contributed by atoms with Crippen LogP contribution in [0.1, 0.15) is 66.3 Å². The average Bonchev–Trinajstić information content (AvgIpc) is 1.62. The van der Waals surface area contributed by atoms with Gasteiger partial charge >= 0.3 is 18.1 Å². The van der Waals surface area contributed by atoms with Crippen LogP contribution in [0.4, 0.5) is 4.79 Å². The number of nitrogens with zero attached hydrogens (tertiary/aromatic N) is 4. The Bertz CT molecular complexity index is 7350. The Morgan fingerprint density at radius 2 is 0.610 bits per heavy atom. The molecule has 6 aliphatic rings. The third kappa shape index (κ3) is 26.1. The van der Waals surface area contributed by atoms with Crippen LogP contribution in [-0.4, -0.2) is 191 Å². The number of benzene rings is 8. The maximum absolute atomic E-state index is 11.6. The number of phenols is 3. The van der Waals surface area contributed by atoms with Gasteiger partial charge in [-0.1, -0.05) is 181 Å². The third-order valence-electron chi connectivity index (χ3n) is 23.9. The SMILES string of the molecule is BrCCOCCOc1ccc(-c2c3nc(c(-c4ccc(OCCOCCBr)cc4)c4ccc([nH]4)c(-c4ccc(OCCOCCBr)cc4)c4nc(c(-c5ccccc5)c5ccc2[nH]5)C=C4)C=C3)cc1.CC(=O)OCC1OC(S)C(OC(C)=O)C2OC(=O)OC(C)OC12.I.II.Oc1ccc(-c2c3nc(c(-c4ccc(O)cc4)c4ccc([nH]4)c(-c4ccc(O)cc4)c4nc(c(-c5ccccc5)c5ccc2[nH]5)C=C4)C=C3)cc1. The maximum Gasteiger partial charge on any atom is 0.511 e. The van der Waals surface area contributed by atoms with Gasteiger partial charge < -0.3 is 92.1 Å². The Balaban J connectivity index is 0.000000173. The molecule has 0 saturated carbocycles. The highest BCUT2D eigenvalue weighted by Gasteiger charge is 2.53. The molecule has 26 nitrogen and oxygen atoms in total. The van der Waals surface area contributed by atoms with Crippen LogP contribution in [0.15, 0.2) is 255 Å². The zero-order valence-corrected chi connectivity index (χ0v) is 91.3. The van der Waals surface area contributed by atoms with E-state index in [0.717, 1.165) is 212 Å². The minimum atomic E-state index is -1.01. The third-order valence-corrected chi connectivity index (χ3v) is 25.3. The quantitative estimate of drug-likeness (QED) is 0.00539. The molecule has 2 saturated heterocycles. The molecule has 0 spiro atoms. The molecule has 6 aromatic heterocycles. The predicted molar refractivity (Wildman–Crippen MR) is 615 cm³/mol. The second-order valence-corrected chi connectivity index (χ2v) is 36.3. The van der Waals surface area contributed by atoms with Crippen LogP contribution in [-0.2, 0) is 52.2 Å². The highest BCUT2D eigenvalue weighted by atomic mass is 128. The van der Waals surface area contributed by atoms with Gasteiger partial charge in [0.1, 0.15) is 78.6 Å². The van der Waals surface area contributed by atoms with Gasteiger partial charge in [0.05, 0.1) is 85.2 Å². The molecule has 6 unspecified atom stereocenters. The van der Waals surface area contributed by atoms with E-state index in [4.69, 9.17) is 76.8 Å². The summed E-state index contributed by atoms with van der Waals surface area (Å²) in [6.45, 7) is 8.62. The van der Waals surface area contributed by atoms with E-state index in [1.165, 1.54) is 20.8 Å². The van der Waals surface area contributed by atoms with E-state index in [1.807, 2.05) is 133 Å². The number of carbonyl (C=O) groups is 3. The van der Waals surface area contributed by atoms with E-state index in [0.29, 0.717) is 59.5 Å². The Kier molecular flexibility index (Phi) is 37.5. The van der Waals surface area contributed by atoms with Crippen molar-refractivity contribution in [2.24, 2.45) is 0 Å². The van der Waals surface area contributed by atoms with Gasteiger partial charge in [-0.05, 0) is 221 Å². The lowest BCUT2D eigenvalue weighted by molar-refractivity contribution is -0.238. The first-order valence-electron chi connectivity index (χ1n) is 46.6. The van der Waals surface area contributed by atoms with Gasteiger partial charge in [-0.3, -0.25) is 9.59 Å². The molecule has 20 rings (SSSR count). The first-order valence-corrected chi connectivity index (χ1v) is 56.8. The van der Waals surface area contributed by atoms with Gasteiger partial charge in [-0.2, -0.15) is 0 Å². The fourth-order valence-corrected chi connectivity index (χ4v) is 18.7. The summed E-state index contributed by atoms with van der Waals surface area (Å²) in [7, 11) is 0. The Hall–Kier alpha value is -12.3. The monoisotopic (exact) mass is 2510 g/mol. The fraction of sp³-hybridized carbons (Fsp3) is 0.195. The molecule has 2 fully saturated rings. The van der Waals surface area contributed by atoms with Gasteiger partial charge in [-0.15, -0.1) is 36.6 Å². The lowest BCUT2D eigenvalue weighted by Gasteiger charge is -2.42. The number of cyclic esters (lactones) is 1. The number of phenolic OH excluding ortho intramolecular Hbond substituents is 3. The number of carbonyl (C=O) groups excluding carboxylic acids is 3. The highest BCUT2D eigenvalue weighted by molar-refractivity contribution is 15.0. The highest BCUT2D eigenvalue weighted by Crippen LogP contribution is 2.45. The molecule has 7 N–H and O–H groups in total. The van der Waals surface area contributed by atoms with Crippen molar-refractivity contribution in [2.45, 2.75) is 56.9 Å². The van der Waals surface area contributed by atoms with Crippen molar-refractivity contribution in [1.82, 2.24) is 39.9 Å². The summed E-state index contributed by atoms with van der Waals surface area (Å²) in [5.74, 6) is 1.73. The first kappa shape index (κ1) is 107. The van der Waals surface area contributed by atoms with Crippen LogP contribution >= 0.6 is 122 Å². The van der Waals surface area contributed by atoms with Crippen molar-refractivity contribution in [3.8, 4) is 124 Å². The number of H-pyrrole nitrogens is 4. The van der Waals surface area contributed by atoms with Gasteiger partial charge in [0.15, 0.2) is 12.2 Å². The number of aromatic hydroxyl groups is 3. The van der Waals surface area contributed by atoms with Crippen molar-refractivity contribution >= 4 is 232 Å². The van der Waals surface area contributed by atoms with Crippen LogP contribution in [0.2, 0.25) is 0 Å².